The number of rotatable bonds is 6. The van der Waals surface area contributed by atoms with Gasteiger partial charge in [0.1, 0.15) is 0 Å². The molecule has 0 aromatic heterocycles. The molecule has 0 fully saturated rings. The molecule has 0 radical (unpaired) electrons. The number of ether oxygens (including phenoxy) is 1. The van der Waals surface area contributed by atoms with Gasteiger partial charge in [-0.2, -0.15) is 13.2 Å². The minimum Gasteiger partial charge on any atom is -0.453 e. The molecule has 1 atom stereocenters. The first-order chi connectivity index (χ1) is 9.21. The van der Waals surface area contributed by atoms with Crippen LogP contribution in [0.15, 0.2) is 12.2 Å². The molecule has 0 saturated carbocycles. The SMILES string of the molecule is CC(OC(=O)CCCCN1C(=O)C=CC1=O)C(F)(F)F. The zero-order valence-electron chi connectivity index (χ0n) is 10.8. The van der Waals surface area contributed by atoms with Crippen LogP contribution in [0.3, 0.4) is 0 Å². The fourth-order valence-electron chi connectivity index (χ4n) is 1.51. The number of carbonyl (C=O) groups is 3. The van der Waals surface area contributed by atoms with Crippen LogP contribution in [-0.4, -0.2) is 41.5 Å². The zero-order valence-corrected chi connectivity index (χ0v) is 10.8. The van der Waals surface area contributed by atoms with Crippen molar-refractivity contribution in [3.05, 3.63) is 12.2 Å². The Morgan fingerprint density at radius 2 is 1.80 bits per heavy atom. The molecule has 1 rings (SSSR count). The summed E-state index contributed by atoms with van der Waals surface area (Å²) in [6, 6.07) is 0. The van der Waals surface area contributed by atoms with Crippen molar-refractivity contribution in [3.63, 3.8) is 0 Å². The standard InChI is InChI=1S/C12H14F3NO4/c1-8(12(13,14)15)20-11(19)4-2-3-7-16-9(17)5-6-10(16)18/h5-6,8H,2-4,7H2,1H3. The minimum atomic E-state index is -4.57. The van der Waals surface area contributed by atoms with E-state index >= 15 is 0 Å². The molecule has 0 aliphatic carbocycles. The fraction of sp³-hybridized carbons (Fsp3) is 0.583. The third kappa shape index (κ3) is 4.67. The minimum absolute atomic E-state index is 0.132. The van der Waals surface area contributed by atoms with Crippen molar-refractivity contribution in [2.75, 3.05) is 6.54 Å². The van der Waals surface area contributed by atoms with Gasteiger partial charge in [-0.05, 0) is 19.8 Å². The van der Waals surface area contributed by atoms with Crippen LogP contribution in [0.4, 0.5) is 13.2 Å². The third-order valence-corrected chi connectivity index (χ3v) is 2.68. The lowest BCUT2D eigenvalue weighted by Gasteiger charge is -2.16. The Bertz CT molecular complexity index is 413. The molecule has 0 N–H and O–H groups in total. The van der Waals surface area contributed by atoms with Crippen LogP contribution in [-0.2, 0) is 19.1 Å². The van der Waals surface area contributed by atoms with E-state index in [0.717, 1.165) is 24.0 Å². The van der Waals surface area contributed by atoms with E-state index in [1.807, 2.05) is 0 Å². The number of imide groups is 1. The number of hydrogen-bond acceptors (Lipinski definition) is 4. The number of amides is 2. The maximum atomic E-state index is 12.1. The van der Waals surface area contributed by atoms with Gasteiger partial charge >= 0.3 is 12.1 Å². The van der Waals surface area contributed by atoms with Gasteiger partial charge in [0.15, 0.2) is 6.10 Å². The van der Waals surface area contributed by atoms with Crippen molar-refractivity contribution < 1.29 is 32.3 Å². The smallest absolute Gasteiger partial charge is 0.425 e. The summed E-state index contributed by atoms with van der Waals surface area (Å²) in [5, 5.41) is 0. The van der Waals surface area contributed by atoms with E-state index in [-0.39, 0.29) is 19.4 Å². The molecule has 1 unspecified atom stereocenters. The Morgan fingerprint density at radius 3 is 2.30 bits per heavy atom. The van der Waals surface area contributed by atoms with E-state index in [9.17, 15) is 27.6 Å². The second-order valence-corrected chi connectivity index (χ2v) is 4.29. The molecule has 5 nitrogen and oxygen atoms in total. The molecule has 0 spiro atoms. The van der Waals surface area contributed by atoms with Crippen LogP contribution in [0.25, 0.3) is 0 Å². The average Bonchev–Trinajstić information content (AvgIpc) is 2.64. The summed E-state index contributed by atoms with van der Waals surface area (Å²) in [6.45, 7) is 0.887. The van der Waals surface area contributed by atoms with Gasteiger partial charge in [-0.25, -0.2) is 0 Å². The maximum Gasteiger partial charge on any atom is 0.425 e. The normalized spacial score (nSPS) is 16.7. The van der Waals surface area contributed by atoms with Gasteiger partial charge in [0.25, 0.3) is 11.8 Å². The molecular formula is C12H14F3NO4. The molecule has 112 valence electrons. The molecule has 1 aliphatic rings. The summed E-state index contributed by atoms with van der Waals surface area (Å²) in [5.41, 5.74) is 0. The van der Waals surface area contributed by atoms with Gasteiger partial charge in [-0.3, -0.25) is 19.3 Å². The predicted octanol–water partition coefficient (Wildman–Crippen LogP) is 1.58. The maximum absolute atomic E-state index is 12.1. The van der Waals surface area contributed by atoms with E-state index in [2.05, 4.69) is 4.74 Å². The van der Waals surface area contributed by atoms with Gasteiger partial charge < -0.3 is 4.74 Å². The van der Waals surface area contributed by atoms with Gasteiger partial charge in [0, 0.05) is 25.1 Å². The molecule has 2 amide bonds. The second kappa shape index (κ2) is 6.53. The third-order valence-electron chi connectivity index (χ3n) is 2.68. The number of nitrogens with zero attached hydrogens (tertiary/aromatic N) is 1. The Balaban J connectivity index is 2.20. The van der Waals surface area contributed by atoms with Crippen molar-refractivity contribution in [3.8, 4) is 0 Å². The molecule has 20 heavy (non-hydrogen) atoms. The van der Waals surface area contributed by atoms with E-state index in [4.69, 9.17) is 0 Å². The molecule has 0 aromatic carbocycles. The lowest BCUT2D eigenvalue weighted by molar-refractivity contribution is -0.216. The zero-order chi connectivity index (χ0) is 15.3. The van der Waals surface area contributed by atoms with Crippen LogP contribution in [0.5, 0.6) is 0 Å². The second-order valence-electron chi connectivity index (χ2n) is 4.29. The van der Waals surface area contributed by atoms with Crippen molar-refractivity contribution in [1.29, 1.82) is 0 Å². The van der Waals surface area contributed by atoms with Crippen LogP contribution >= 0.6 is 0 Å². The van der Waals surface area contributed by atoms with Gasteiger partial charge in [-0.1, -0.05) is 0 Å². The van der Waals surface area contributed by atoms with E-state index < -0.39 is 30.1 Å². The number of alkyl halides is 3. The number of hydrogen-bond donors (Lipinski definition) is 0. The first-order valence-corrected chi connectivity index (χ1v) is 6.01. The molecule has 0 aromatic rings. The summed E-state index contributed by atoms with van der Waals surface area (Å²) in [6.07, 6.45) is -4.06. The first kappa shape index (κ1) is 16.2. The van der Waals surface area contributed by atoms with Crippen molar-refractivity contribution >= 4 is 17.8 Å². The number of unbranched alkanes of at least 4 members (excludes halogenated alkanes) is 1. The quantitative estimate of drug-likeness (QED) is 0.424. The van der Waals surface area contributed by atoms with Crippen LogP contribution in [0, 0.1) is 0 Å². The summed E-state index contributed by atoms with van der Waals surface area (Å²) in [7, 11) is 0. The molecular weight excluding hydrogens is 279 g/mol. The lowest BCUT2D eigenvalue weighted by Crippen LogP contribution is -2.31. The Labute approximate surface area is 113 Å². The monoisotopic (exact) mass is 293 g/mol. The molecule has 0 bridgehead atoms. The summed E-state index contributed by atoms with van der Waals surface area (Å²) in [5.74, 6) is -1.81. The van der Waals surface area contributed by atoms with Crippen LogP contribution < -0.4 is 0 Å². The van der Waals surface area contributed by atoms with E-state index in [0.29, 0.717) is 6.42 Å². The lowest BCUT2D eigenvalue weighted by atomic mass is 10.2. The molecule has 1 heterocycles. The summed E-state index contributed by atoms with van der Waals surface area (Å²) < 4.78 is 40.6. The topological polar surface area (TPSA) is 63.7 Å². The van der Waals surface area contributed by atoms with Gasteiger partial charge in [-0.15, -0.1) is 0 Å². The van der Waals surface area contributed by atoms with Gasteiger partial charge in [0.05, 0.1) is 0 Å². The Hall–Kier alpha value is -1.86. The summed E-state index contributed by atoms with van der Waals surface area (Å²) >= 11 is 0. The Kier molecular flexibility index (Phi) is 5.29. The van der Waals surface area contributed by atoms with Crippen LogP contribution in [0.2, 0.25) is 0 Å². The Morgan fingerprint density at radius 1 is 1.25 bits per heavy atom. The van der Waals surface area contributed by atoms with Crippen molar-refractivity contribution in [1.82, 2.24) is 4.90 Å². The number of carbonyl (C=O) groups excluding carboxylic acids is 3. The van der Waals surface area contributed by atoms with E-state index in [1.165, 1.54) is 0 Å². The van der Waals surface area contributed by atoms with Gasteiger partial charge in [0.2, 0.25) is 0 Å². The van der Waals surface area contributed by atoms with E-state index in [1.54, 1.807) is 0 Å². The number of halogens is 3. The highest BCUT2D eigenvalue weighted by atomic mass is 19.4. The molecule has 8 heteroatoms. The fourth-order valence-corrected chi connectivity index (χ4v) is 1.51. The molecule has 1 aliphatic heterocycles. The highest BCUT2D eigenvalue weighted by Gasteiger charge is 2.38. The predicted molar refractivity (Wildman–Crippen MR) is 61.3 cm³/mol. The van der Waals surface area contributed by atoms with Crippen LogP contribution in [0.1, 0.15) is 26.2 Å². The van der Waals surface area contributed by atoms with Crippen molar-refractivity contribution in [2.45, 2.75) is 38.5 Å². The van der Waals surface area contributed by atoms with Crippen molar-refractivity contribution in [2.24, 2.45) is 0 Å². The summed E-state index contributed by atoms with van der Waals surface area (Å²) in [4.78, 5) is 34.5. The average molecular weight is 293 g/mol. The first-order valence-electron chi connectivity index (χ1n) is 6.01. The highest BCUT2D eigenvalue weighted by molar-refractivity contribution is 6.12. The highest BCUT2D eigenvalue weighted by Crippen LogP contribution is 2.22. The number of esters is 1. The molecule has 0 saturated heterocycles. The largest absolute Gasteiger partial charge is 0.453 e.